The number of ether oxygens (including phenoxy) is 2. The fourth-order valence-electron chi connectivity index (χ4n) is 1.49. The average molecular weight is 347 g/mol. The molecular weight excluding hydrogens is 331 g/mol. The Labute approximate surface area is 125 Å². The number of carbonyl (C=O) groups is 2. The minimum atomic E-state index is -0.426. The number of carbonyl (C=O) groups excluding carboxylic acids is 2. The molecule has 0 spiro atoms. The van der Waals surface area contributed by atoms with Crippen molar-refractivity contribution in [3.63, 3.8) is 0 Å². The Kier molecular flexibility index (Phi) is 7.22. The Morgan fingerprint density at radius 3 is 2.50 bits per heavy atom. The fourth-order valence-corrected chi connectivity index (χ4v) is 1.86. The Morgan fingerprint density at radius 1 is 1.20 bits per heavy atom. The fraction of sp³-hybridized carbons (Fsp3) is 0.429. The Morgan fingerprint density at radius 2 is 1.85 bits per heavy atom. The van der Waals surface area contributed by atoms with E-state index in [1.165, 1.54) is 12.1 Å². The molecule has 0 aliphatic rings. The monoisotopic (exact) mass is 346 g/mol. The molecule has 4 nitrogen and oxygen atoms in total. The normalized spacial score (nSPS) is 10.2. The van der Waals surface area contributed by atoms with Crippen LogP contribution < -0.4 is 0 Å². The third-order valence-electron chi connectivity index (χ3n) is 2.46. The smallest absolute Gasteiger partial charge is 0.306 e. The maximum Gasteiger partial charge on any atom is 0.306 e. The molecule has 1 rings (SSSR count). The van der Waals surface area contributed by atoms with Crippen molar-refractivity contribution in [1.82, 2.24) is 0 Å². The summed E-state index contributed by atoms with van der Waals surface area (Å²) in [7, 11) is 0. The second kappa shape index (κ2) is 8.68. The van der Waals surface area contributed by atoms with Gasteiger partial charge in [0.05, 0.1) is 6.61 Å². The maximum absolute atomic E-state index is 13.0. The highest BCUT2D eigenvalue weighted by atomic mass is 79.9. The number of hydrogen-bond donors (Lipinski definition) is 0. The summed E-state index contributed by atoms with van der Waals surface area (Å²) in [6.45, 7) is 2.05. The van der Waals surface area contributed by atoms with Crippen molar-refractivity contribution in [3.05, 3.63) is 34.1 Å². The molecule has 0 N–H and O–H groups in total. The van der Waals surface area contributed by atoms with E-state index in [1.54, 1.807) is 13.0 Å². The van der Waals surface area contributed by atoms with Gasteiger partial charge >= 0.3 is 11.9 Å². The van der Waals surface area contributed by atoms with Crippen molar-refractivity contribution in [2.75, 3.05) is 6.61 Å². The van der Waals surface area contributed by atoms with Crippen molar-refractivity contribution < 1.29 is 23.5 Å². The lowest BCUT2D eigenvalue weighted by molar-refractivity contribution is -0.146. The van der Waals surface area contributed by atoms with Crippen LogP contribution in [0.1, 0.15) is 31.7 Å². The first-order chi connectivity index (χ1) is 9.52. The molecule has 1 aromatic rings. The summed E-state index contributed by atoms with van der Waals surface area (Å²) in [6.07, 6.45) is 0.695. The standard InChI is InChI=1S/C14H16BrFO4/c1-2-19-13(17)4-3-5-14(18)20-9-10-8-11(16)6-7-12(10)15/h6-8H,2-5,9H2,1H3. The van der Waals surface area contributed by atoms with E-state index in [-0.39, 0.29) is 31.2 Å². The molecule has 20 heavy (non-hydrogen) atoms. The van der Waals surface area contributed by atoms with Crippen molar-refractivity contribution in [1.29, 1.82) is 0 Å². The topological polar surface area (TPSA) is 52.6 Å². The van der Waals surface area contributed by atoms with Gasteiger partial charge in [0.15, 0.2) is 0 Å². The molecular formula is C14H16BrFO4. The zero-order chi connectivity index (χ0) is 15.0. The van der Waals surface area contributed by atoms with Crippen LogP contribution in [-0.2, 0) is 25.7 Å². The predicted molar refractivity (Wildman–Crippen MR) is 74.4 cm³/mol. The highest BCUT2D eigenvalue weighted by molar-refractivity contribution is 9.10. The average Bonchev–Trinajstić information content (AvgIpc) is 2.40. The molecule has 6 heteroatoms. The molecule has 0 saturated heterocycles. The molecule has 0 fully saturated rings. The first-order valence-electron chi connectivity index (χ1n) is 6.28. The van der Waals surface area contributed by atoms with Gasteiger partial charge in [-0.15, -0.1) is 0 Å². The summed E-state index contributed by atoms with van der Waals surface area (Å²) in [4.78, 5) is 22.5. The minimum Gasteiger partial charge on any atom is -0.466 e. The molecule has 0 amide bonds. The van der Waals surface area contributed by atoms with Gasteiger partial charge in [-0.3, -0.25) is 9.59 Å². The van der Waals surface area contributed by atoms with E-state index in [0.717, 1.165) is 0 Å². The summed E-state index contributed by atoms with van der Waals surface area (Å²) < 4.78 is 23.5. The van der Waals surface area contributed by atoms with E-state index < -0.39 is 5.97 Å². The highest BCUT2D eigenvalue weighted by Gasteiger charge is 2.09. The summed E-state index contributed by atoms with van der Waals surface area (Å²) >= 11 is 3.25. The van der Waals surface area contributed by atoms with E-state index in [0.29, 0.717) is 23.1 Å². The second-order valence-corrected chi connectivity index (χ2v) is 4.91. The van der Waals surface area contributed by atoms with E-state index in [9.17, 15) is 14.0 Å². The van der Waals surface area contributed by atoms with Gasteiger partial charge in [0.2, 0.25) is 0 Å². The Hall–Kier alpha value is -1.43. The van der Waals surface area contributed by atoms with Crippen molar-refractivity contribution in [2.45, 2.75) is 32.8 Å². The van der Waals surface area contributed by atoms with Crippen LogP contribution in [0.2, 0.25) is 0 Å². The maximum atomic E-state index is 13.0. The first kappa shape index (κ1) is 16.6. The lowest BCUT2D eigenvalue weighted by atomic mass is 10.2. The lowest BCUT2D eigenvalue weighted by Gasteiger charge is -2.07. The van der Waals surface area contributed by atoms with E-state index in [4.69, 9.17) is 9.47 Å². The van der Waals surface area contributed by atoms with Gasteiger partial charge in [0.25, 0.3) is 0 Å². The van der Waals surface area contributed by atoms with E-state index in [2.05, 4.69) is 15.9 Å². The molecule has 0 atom stereocenters. The largest absolute Gasteiger partial charge is 0.466 e. The van der Waals surface area contributed by atoms with Crippen LogP contribution >= 0.6 is 15.9 Å². The zero-order valence-electron chi connectivity index (χ0n) is 11.2. The predicted octanol–water partition coefficient (Wildman–Crippen LogP) is 3.36. The van der Waals surface area contributed by atoms with Gasteiger partial charge in [0, 0.05) is 22.9 Å². The van der Waals surface area contributed by atoms with E-state index >= 15 is 0 Å². The highest BCUT2D eigenvalue weighted by Crippen LogP contribution is 2.18. The van der Waals surface area contributed by atoms with Crippen molar-refractivity contribution in [2.24, 2.45) is 0 Å². The summed E-state index contributed by atoms with van der Waals surface area (Å²) in [5, 5.41) is 0. The third-order valence-corrected chi connectivity index (χ3v) is 3.24. The van der Waals surface area contributed by atoms with Crippen molar-refractivity contribution in [3.8, 4) is 0 Å². The summed E-state index contributed by atoms with van der Waals surface area (Å²) in [6, 6.07) is 4.17. The number of halogens is 2. The van der Waals surface area contributed by atoms with E-state index in [1.807, 2.05) is 0 Å². The van der Waals surface area contributed by atoms with Gasteiger partial charge in [-0.25, -0.2) is 4.39 Å². The minimum absolute atomic E-state index is 0.00339. The van der Waals surface area contributed by atoms with Crippen LogP contribution in [-0.4, -0.2) is 18.5 Å². The van der Waals surface area contributed by atoms with Gasteiger partial charge in [0.1, 0.15) is 12.4 Å². The number of esters is 2. The van der Waals surface area contributed by atoms with Crippen LogP contribution in [0.25, 0.3) is 0 Å². The third kappa shape index (κ3) is 6.14. The SMILES string of the molecule is CCOC(=O)CCCC(=O)OCc1cc(F)ccc1Br. The first-order valence-corrected chi connectivity index (χ1v) is 7.07. The summed E-state index contributed by atoms with van der Waals surface area (Å²) in [5.41, 5.74) is 0.559. The molecule has 0 aliphatic carbocycles. The quantitative estimate of drug-likeness (QED) is 0.710. The van der Waals surface area contributed by atoms with Crippen LogP contribution in [0.5, 0.6) is 0 Å². The lowest BCUT2D eigenvalue weighted by Crippen LogP contribution is -2.08. The number of benzene rings is 1. The summed E-state index contributed by atoms with van der Waals surface area (Å²) in [5.74, 6) is -1.14. The molecule has 0 heterocycles. The second-order valence-electron chi connectivity index (χ2n) is 4.05. The van der Waals surface area contributed by atoms with Gasteiger partial charge in [-0.1, -0.05) is 15.9 Å². The van der Waals surface area contributed by atoms with Crippen molar-refractivity contribution >= 4 is 27.9 Å². The Balaban J connectivity index is 2.29. The molecule has 0 aliphatic heterocycles. The molecule has 0 saturated carbocycles. The van der Waals surface area contributed by atoms with Crippen LogP contribution in [0, 0.1) is 5.82 Å². The van der Waals surface area contributed by atoms with Crippen LogP contribution in [0.15, 0.2) is 22.7 Å². The zero-order valence-corrected chi connectivity index (χ0v) is 12.7. The Bertz CT molecular complexity index is 476. The number of rotatable bonds is 7. The molecule has 0 bridgehead atoms. The molecule has 1 aromatic carbocycles. The molecule has 0 unspecified atom stereocenters. The van der Waals surface area contributed by atoms with Crippen LogP contribution in [0.4, 0.5) is 4.39 Å². The molecule has 0 radical (unpaired) electrons. The van der Waals surface area contributed by atoms with Gasteiger partial charge in [-0.05, 0) is 31.5 Å². The van der Waals surface area contributed by atoms with Gasteiger partial charge in [-0.2, -0.15) is 0 Å². The molecule has 0 aromatic heterocycles. The molecule has 110 valence electrons. The van der Waals surface area contributed by atoms with Crippen LogP contribution in [0.3, 0.4) is 0 Å². The number of hydrogen-bond acceptors (Lipinski definition) is 4. The van der Waals surface area contributed by atoms with Gasteiger partial charge < -0.3 is 9.47 Å².